The Morgan fingerprint density at radius 3 is 2.76 bits per heavy atom. The molecule has 9 nitrogen and oxygen atoms in total. The highest BCUT2D eigenvalue weighted by atomic mass is 79.9. The summed E-state index contributed by atoms with van der Waals surface area (Å²) in [5, 5.41) is 25.1. The number of carbonyl (C=O) groups excluding carboxylic acids is 1. The predicted molar refractivity (Wildman–Crippen MR) is 74.0 cm³/mol. The number of hydrogen-bond acceptors (Lipinski definition) is 6. The number of carboxylic acid groups (broad SMARTS) is 1. The van der Waals surface area contributed by atoms with Gasteiger partial charge in [-0.3, -0.25) is 14.9 Å². The Bertz CT molecular complexity index is 659. The lowest BCUT2D eigenvalue weighted by Gasteiger charge is -2.10. The number of carboxylic acids is 1. The zero-order valence-electron chi connectivity index (χ0n) is 10.3. The number of nitrogens with zero attached hydrogens (tertiary/aromatic N) is 2. The fourth-order valence-electron chi connectivity index (χ4n) is 1.58. The van der Waals surface area contributed by atoms with E-state index in [9.17, 15) is 19.7 Å². The molecule has 21 heavy (non-hydrogen) atoms. The maximum atomic E-state index is 11.9. The van der Waals surface area contributed by atoms with Crippen molar-refractivity contribution in [3.8, 4) is 0 Å². The Morgan fingerprint density at radius 2 is 2.24 bits per heavy atom. The second-order valence-corrected chi connectivity index (χ2v) is 4.91. The number of rotatable bonds is 4. The lowest BCUT2D eigenvalue weighted by atomic mass is 10.1. The standard InChI is InChI=1S/C11H8BrN3O6/c12-6-3-5(15(19)20)1-2-7(6)13-10(16)9-4-8(11(17)18)14-21-9/h1-3,9H,4H2,(H,13,16)(H,17,18). The van der Waals surface area contributed by atoms with Gasteiger partial charge >= 0.3 is 5.97 Å². The van der Waals surface area contributed by atoms with E-state index in [4.69, 9.17) is 9.94 Å². The number of halogens is 1. The highest BCUT2D eigenvalue weighted by Crippen LogP contribution is 2.27. The van der Waals surface area contributed by atoms with Crippen molar-refractivity contribution >= 4 is 44.9 Å². The summed E-state index contributed by atoms with van der Waals surface area (Å²) in [7, 11) is 0. The smallest absolute Gasteiger partial charge is 0.353 e. The molecule has 0 bridgehead atoms. The molecule has 0 radical (unpaired) electrons. The summed E-state index contributed by atoms with van der Waals surface area (Å²) in [6.07, 6.45) is -1.19. The van der Waals surface area contributed by atoms with Gasteiger partial charge in [0.1, 0.15) is 0 Å². The van der Waals surface area contributed by atoms with Crippen molar-refractivity contribution in [2.75, 3.05) is 5.32 Å². The number of nitro benzene ring substituents is 1. The molecule has 0 aliphatic carbocycles. The summed E-state index contributed by atoms with van der Waals surface area (Å²) in [4.78, 5) is 37.3. The number of aliphatic carboxylic acids is 1. The van der Waals surface area contributed by atoms with Gasteiger partial charge in [-0.05, 0) is 22.0 Å². The van der Waals surface area contributed by atoms with Crippen molar-refractivity contribution in [3.05, 3.63) is 32.8 Å². The van der Waals surface area contributed by atoms with Crippen molar-refractivity contribution < 1.29 is 24.5 Å². The monoisotopic (exact) mass is 357 g/mol. The fraction of sp³-hybridized carbons (Fsp3) is 0.182. The van der Waals surface area contributed by atoms with Gasteiger partial charge in [0.2, 0.25) is 6.10 Å². The molecule has 1 amide bonds. The van der Waals surface area contributed by atoms with Crippen LogP contribution in [0.4, 0.5) is 11.4 Å². The number of carbonyl (C=O) groups is 2. The van der Waals surface area contributed by atoms with Crippen LogP contribution >= 0.6 is 15.9 Å². The molecule has 1 aliphatic rings. The minimum Gasteiger partial charge on any atom is -0.477 e. The molecular formula is C11H8BrN3O6. The van der Waals surface area contributed by atoms with E-state index in [0.29, 0.717) is 10.2 Å². The summed E-state index contributed by atoms with van der Waals surface area (Å²) in [5.41, 5.74) is -0.0654. The van der Waals surface area contributed by atoms with Gasteiger partial charge in [-0.15, -0.1) is 0 Å². The van der Waals surface area contributed by atoms with E-state index in [1.807, 2.05) is 0 Å². The third-order valence-corrected chi connectivity index (χ3v) is 3.29. The molecule has 0 saturated heterocycles. The number of non-ortho nitro benzene ring substituents is 1. The van der Waals surface area contributed by atoms with Gasteiger partial charge in [0.25, 0.3) is 11.6 Å². The molecule has 2 N–H and O–H groups in total. The summed E-state index contributed by atoms with van der Waals surface area (Å²) in [6.45, 7) is 0. The number of anilines is 1. The number of amides is 1. The minimum absolute atomic E-state index is 0.131. The minimum atomic E-state index is -1.25. The number of benzene rings is 1. The molecule has 1 atom stereocenters. The van der Waals surface area contributed by atoms with Crippen LogP contribution in [0, 0.1) is 10.1 Å². The molecule has 1 heterocycles. The molecule has 110 valence electrons. The van der Waals surface area contributed by atoms with Crippen LogP contribution in [0.1, 0.15) is 6.42 Å². The average Bonchev–Trinajstić information content (AvgIpc) is 2.90. The molecule has 1 unspecified atom stereocenters. The van der Waals surface area contributed by atoms with E-state index in [0.717, 1.165) is 0 Å². The van der Waals surface area contributed by atoms with E-state index in [-0.39, 0.29) is 17.8 Å². The number of nitro groups is 1. The third-order valence-electron chi connectivity index (χ3n) is 2.63. The van der Waals surface area contributed by atoms with Crippen LogP contribution in [-0.2, 0) is 14.4 Å². The second-order valence-electron chi connectivity index (χ2n) is 4.05. The zero-order chi connectivity index (χ0) is 15.6. The molecule has 1 aromatic rings. The van der Waals surface area contributed by atoms with Crippen molar-refractivity contribution in [2.45, 2.75) is 12.5 Å². The van der Waals surface area contributed by atoms with Crippen LogP contribution in [0.5, 0.6) is 0 Å². The first-order chi connectivity index (χ1) is 9.88. The molecule has 0 spiro atoms. The molecule has 0 aromatic heterocycles. The van der Waals surface area contributed by atoms with Gasteiger partial charge < -0.3 is 15.3 Å². The Morgan fingerprint density at radius 1 is 1.52 bits per heavy atom. The maximum absolute atomic E-state index is 11.9. The largest absolute Gasteiger partial charge is 0.477 e. The average molecular weight is 358 g/mol. The van der Waals surface area contributed by atoms with Crippen LogP contribution in [-0.4, -0.2) is 33.7 Å². The Hall–Kier alpha value is -2.49. The normalized spacial score (nSPS) is 16.8. The number of oxime groups is 1. The molecule has 10 heteroatoms. The van der Waals surface area contributed by atoms with Gasteiger partial charge in [-0.25, -0.2) is 4.79 Å². The van der Waals surface area contributed by atoms with Gasteiger partial charge in [0, 0.05) is 23.0 Å². The fourth-order valence-corrected chi connectivity index (χ4v) is 2.04. The predicted octanol–water partition coefficient (Wildman–Crippen LogP) is 1.53. The van der Waals surface area contributed by atoms with Gasteiger partial charge in [0.05, 0.1) is 10.6 Å². The lowest BCUT2D eigenvalue weighted by Crippen LogP contribution is -2.29. The third kappa shape index (κ3) is 3.34. The molecule has 1 aromatic carbocycles. The van der Waals surface area contributed by atoms with Gasteiger partial charge in [0.15, 0.2) is 5.71 Å². The first kappa shape index (κ1) is 14.9. The summed E-state index contributed by atoms with van der Waals surface area (Å²) in [5.74, 6) is -1.84. The zero-order valence-corrected chi connectivity index (χ0v) is 11.9. The van der Waals surface area contributed by atoms with Crippen LogP contribution < -0.4 is 5.32 Å². The Balaban J connectivity index is 2.04. The SMILES string of the molecule is O=C(O)C1=NOC(C(=O)Nc2ccc([N+](=O)[O-])cc2Br)C1. The second kappa shape index (κ2) is 5.87. The van der Waals surface area contributed by atoms with Gasteiger partial charge in [-0.2, -0.15) is 0 Å². The summed E-state index contributed by atoms with van der Waals surface area (Å²) in [6, 6.07) is 3.83. The van der Waals surface area contributed by atoms with Crippen LogP contribution in [0.25, 0.3) is 0 Å². The lowest BCUT2D eigenvalue weighted by molar-refractivity contribution is -0.384. The van der Waals surface area contributed by atoms with E-state index in [1.54, 1.807) is 0 Å². The van der Waals surface area contributed by atoms with Gasteiger partial charge in [-0.1, -0.05) is 5.16 Å². The van der Waals surface area contributed by atoms with Crippen molar-refractivity contribution in [2.24, 2.45) is 5.16 Å². The summed E-state index contributed by atoms with van der Waals surface area (Å²) >= 11 is 3.10. The Labute approximate surface area is 125 Å². The molecule has 0 saturated carbocycles. The highest BCUT2D eigenvalue weighted by molar-refractivity contribution is 9.10. The maximum Gasteiger partial charge on any atom is 0.353 e. The van der Waals surface area contributed by atoms with Crippen molar-refractivity contribution in [3.63, 3.8) is 0 Å². The number of hydrogen-bond donors (Lipinski definition) is 2. The topological polar surface area (TPSA) is 131 Å². The molecule has 0 fully saturated rings. The Kier molecular flexibility index (Phi) is 4.17. The van der Waals surface area contributed by atoms with E-state index in [1.165, 1.54) is 18.2 Å². The first-order valence-corrected chi connectivity index (χ1v) is 6.38. The molecule has 1 aliphatic heterocycles. The quantitative estimate of drug-likeness (QED) is 0.620. The van der Waals surface area contributed by atoms with Crippen LogP contribution in [0.2, 0.25) is 0 Å². The van der Waals surface area contributed by atoms with Crippen LogP contribution in [0.15, 0.2) is 27.8 Å². The highest BCUT2D eigenvalue weighted by Gasteiger charge is 2.31. The first-order valence-electron chi connectivity index (χ1n) is 5.59. The van der Waals surface area contributed by atoms with E-state index < -0.39 is 22.9 Å². The van der Waals surface area contributed by atoms with Crippen LogP contribution in [0.3, 0.4) is 0 Å². The van der Waals surface area contributed by atoms with Crippen molar-refractivity contribution in [1.29, 1.82) is 0 Å². The molecule has 2 rings (SSSR count). The number of nitrogens with one attached hydrogen (secondary N) is 1. The van der Waals surface area contributed by atoms with E-state index >= 15 is 0 Å². The van der Waals surface area contributed by atoms with E-state index in [2.05, 4.69) is 26.4 Å². The van der Waals surface area contributed by atoms with Crippen molar-refractivity contribution in [1.82, 2.24) is 0 Å². The summed E-state index contributed by atoms with van der Waals surface area (Å²) < 4.78 is 0.322. The molecular weight excluding hydrogens is 350 g/mol.